The number of alkyl halides is 6. The largest absolute Gasteiger partial charge is 0.486 e. The lowest BCUT2D eigenvalue weighted by Crippen LogP contribution is -2.43. The molecular formula is C28H19ClF6N2O6S. The van der Waals surface area contributed by atoms with Crippen LogP contribution in [-0.4, -0.2) is 37.3 Å². The van der Waals surface area contributed by atoms with Gasteiger partial charge in [0, 0.05) is 23.6 Å². The van der Waals surface area contributed by atoms with Crippen molar-refractivity contribution in [2.24, 2.45) is 0 Å². The number of aliphatic carboxylic acids is 1. The van der Waals surface area contributed by atoms with Crippen LogP contribution in [0.4, 0.5) is 32.0 Å². The van der Waals surface area contributed by atoms with Gasteiger partial charge in [-0.2, -0.15) is 26.3 Å². The number of aromatic nitrogens is 1. The molecule has 0 amide bonds. The number of sulfonamides is 1. The first-order chi connectivity index (χ1) is 20.6. The zero-order valence-electron chi connectivity index (χ0n) is 22.0. The minimum Gasteiger partial charge on any atom is -0.486 e. The van der Waals surface area contributed by atoms with Crippen LogP contribution in [0.1, 0.15) is 24.0 Å². The average molecular weight is 661 g/mol. The molecule has 1 aromatic heterocycles. The van der Waals surface area contributed by atoms with Gasteiger partial charge < -0.3 is 14.4 Å². The van der Waals surface area contributed by atoms with Gasteiger partial charge in [0.25, 0.3) is 10.0 Å². The van der Waals surface area contributed by atoms with E-state index in [2.05, 4.69) is 5.16 Å². The Morgan fingerprint density at radius 3 is 2.41 bits per heavy atom. The van der Waals surface area contributed by atoms with Crippen molar-refractivity contribution in [2.45, 2.75) is 36.2 Å². The third-order valence-electron chi connectivity index (χ3n) is 6.69. The summed E-state index contributed by atoms with van der Waals surface area (Å²) in [4.78, 5) is 10.5. The molecule has 0 fully saturated rings. The quantitative estimate of drug-likeness (QED) is 0.204. The van der Waals surface area contributed by atoms with Gasteiger partial charge in [-0.1, -0.05) is 28.9 Å². The Morgan fingerprint density at radius 1 is 1.00 bits per heavy atom. The van der Waals surface area contributed by atoms with Crippen molar-refractivity contribution in [1.29, 1.82) is 0 Å². The minimum atomic E-state index is -4.83. The minimum absolute atomic E-state index is 0.0314. The zero-order chi connectivity index (χ0) is 32.0. The van der Waals surface area contributed by atoms with Crippen molar-refractivity contribution in [3.05, 3.63) is 82.9 Å². The second-order valence-electron chi connectivity index (χ2n) is 9.65. The number of halogens is 7. The fourth-order valence-corrected chi connectivity index (χ4v) is 6.45. The van der Waals surface area contributed by atoms with E-state index >= 15 is 0 Å². The number of carboxylic acids is 1. The number of rotatable bonds is 7. The van der Waals surface area contributed by atoms with Crippen molar-refractivity contribution in [1.82, 2.24) is 5.16 Å². The van der Waals surface area contributed by atoms with Crippen LogP contribution in [0, 0.1) is 0 Å². The topological polar surface area (TPSA) is 110 Å². The monoisotopic (exact) mass is 660 g/mol. The fraction of sp³-hybridized carbons (Fsp3) is 0.214. The molecule has 0 saturated heterocycles. The molecule has 16 heteroatoms. The summed E-state index contributed by atoms with van der Waals surface area (Å²) >= 11 is 6.07. The van der Waals surface area contributed by atoms with Gasteiger partial charge in [-0.15, -0.1) is 0 Å². The molecule has 1 N–H and O–H groups in total. The molecule has 0 aliphatic carbocycles. The summed E-state index contributed by atoms with van der Waals surface area (Å²) in [5.41, 5.74) is -2.94. The molecule has 8 nitrogen and oxygen atoms in total. The summed E-state index contributed by atoms with van der Waals surface area (Å²) < 4.78 is 121. The van der Waals surface area contributed by atoms with Crippen LogP contribution in [0.25, 0.3) is 22.6 Å². The number of fused-ring (bicyclic) bond motifs is 1. The van der Waals surface area contributed by atoms with E-state index < -0.39 is 62.6 Å². The van der Waals surface area contributed by atoms with Gasteiger partial charge in [-0.25, -0.2) is 8.42 Å². The molecule has 0 bridgehead atoms. The van der Waals surface area contributed by atoms with E-state index in [1.165, 1.54) is 30.3 Å². The van der Waals surface area contributed by atoms with Crippen LogP contribution in [0.3, 0.4) is 0 Å². The number of carboxylic acid groups (broad SMARTS) is 1. The number of ether oxygens (including phenoxy) is 1. The summed E-state index contributed by atoms with van der Waals surface area (Å²) in [5.74, 6) is -1.29. The van der Waals surface area contributed by atoms with Crippen LogP contribution in [0.15, 0.2) is 76.1 Å². The predicted octanol–water partition coefficient (Wildman–Crippen LogP) is 7.52. The van der Waals surface area contributed by atoms with E-state index in [1.807, 2.05) is 0 Å². The maximum Gasteiger partial charge on any atom is 0.417 e. The summed E-state index contributed by atoms with van der Waals surface area (Å²) in [5, 5.41) is 12.6. The standard InChI is InChI=1S/C28H19ClF6N2O6S/c29-20-6-2-5-19(28(33,34)35)26(20)21-13-24(43-36-21)15-7-9-23-22(11-15)37(14-17(42-23)8-10-25(38)39)44(40,41)18-4-1-3-16(12-18)27(30,31)32/h1-7,9,11-13,17H,8,10,14H2,(H,38,39)/t17-/m0/s1. The Morgan fingerprint density at radius 2 is 1.73 bits per heavy atom. The summed E-state index contributed by atoms with van der Waals surface area (Å²) in [7, 11) is -4.68. The lowest BCUT2D eigenvalue weighted by Gasteiger charge is -2.35. The second-order valence-corrected chi connectivity index (χ2v) is 11.9. The van der Waals surface area contributed by atoms with Crippen LogP contribution < -0.4 is 9.04 Å². The van der Waals surface area contributed by atoms with Gasteiger partial charge in [-0.3, -0.25) is 9.10 Å². The Kier molecular flexibility index (Phi) is 8.05. The third kappa shape index (κ3) is 6.19. The third-order valence-corrected chi connectivity index (χ3v) is 8.78. The number of nitrogens with zero attached hydrogens (tertiary/aromatic N) is 2. The normalized spacial score (nSPS) is 15.5. The van der Waals surface area contributed by atoms with Gasteiger partial charge in [0.15, 0.2) is 5.76 Å². The van der Waals surface area contributed by atoms with E-state index in [1.54, 1.807) is 0 Å². The first-order valence-corrected chi connectivity index (χ1v) is 14.4. The zero-order valence-corrected chi connectivity index (χ0v) is 23.6. The SMILES string of the molecule is O=C(O)CC[C@H]1CN(S(=O)(=O)c2cccc(C(F)(F)F)c2)c2cc(-c3cc(-c4c(Cl)cccc4C(F)(F)F)no3)ccc2O1. The van der Waals surface area contributed by atoms with Crippen molar-refractivity contribution >= 4 is 33.3 Å². The Hall–Kier alpha value is -4.24. The molecule has 1 aliphatic rings. The highest BCUT2D eigenvalue weighted by molar-refractivity contribution is 7.92. The molecule has 5 rings (SSSR count). The van der Waals surface area contributed by atoms with Gasteiger partial charge >= 0.3 is 18.3 Å². The van der Waals surface area contributed by atoms with Crippen molar-refractivity contribution in [2.75, 3.05) is 10.8 Å². The molecule has 0 radical (unpaired) electrons. The van der Waals surface area contributed by atoms with E-state index in [0.717, 1.165) is 28.6 Å². The van der Waals surface area contributed by atoms with Crippen LogP contribution in [0.5, 0.6) is 5.75 Å². The number of anilines is 1. The molecule has 2 heterocycles. The van der Waals surface area contributed by atoms with Crippen LogP contribution >= 0.6 is 11.6 Å². The summed E-state index contributed by atoms with van der Waals surface area (Å²) in [6, 6.07) is 11.5. The van der Waals surface area contributed by atoms with Crippen LogP contribution in [-0.2, 0) is 27.2 Å². The van der Waals surface area contributed by atoms with Crippen molar-refractivity contribution in [3.63, 3.8) is 0 Å². The van der Waals surface area contributed by atoms with E-state index in [9.17, 15) is 39.6 Å². The van der Waals surface area contributed by atoms with E-state index in [-0.39, 0.29) is 46.3 Å². The molecule has 0 unspecified atom stereocenters. The molecule has 0 spiro atoms. The Balaban J connectivity index is 1.58. The fourth-order valence-electron chi connectivity index (χ4n) is 4.64. The summed E-state index contributed by atoms with van der Waals surface area (Å²) in [6.07, 6.45) is -11.1. The molecule has 3 aromatic carbocycles. The first-order valence-electron chi connectivity index (χ1n) is 12.6. The molecule has 232 valence electrons. The molecular weight excluding hydrogens is 642 g/mol. The molecule has 44 heavy (non-hydrogen) atoms. The van der Waals surface area contributed by atoms with Crippen LogP contribution in [0.2, 0.25) is 5.02 Å². The lowest BCUT2D eigenvalue weighted by molar-refractivity contribution is -0.138. The highest BCUT2D eigenvalue weighted by Gasteiger charge is 2.38. The maximum absolute atomic E-state index is 13.7. The van der Waals surface area contributed by atoms with Gasteiger partial charge in [0.05, 0.1) is 33.3 Å². The highest BCUT2D eigenvalue weighted by atomic mass is 35.5. The smallest absolute Gasteiger partial charge is 0.417 e. The maximum atomic E-state index is 13.7. The molecule has 1 atom stereocenters. The van der Waals surface area contributed by atoms with Gasteiger partial charge in [0.2, 0.25) is 0 Å². The average Bonchev–Trinajstić information content (AvgIpc) is 3.44. The first kappa shape index (κ1) is 31.2. The van der Waals surface area contributed by atoms with E-state index in [0.29, 0.717) is 12.1 Å². The second kappa shape index (κ2) is 11.4. The van der Waals surface area contributed by atoms with Gasteiger partial charge in [0.1, 0.15) is 17.5 Å². The predicted molar refractivity (Wildman–Crippen MR) is 145 cm³/mol. The number of hydrogen-bond acceptors (Lipinski definition) is 6. The van der Waals surface area contributed by atoms with Gasteiger partial charge in [-0.05, 0) is 55.0 Å². The molecule has 0 saturated carbocycles. The van der Waals surface area contributed by atoms with Crippen molar-refractivity contribution < 1.29 is 53.9 Å². The number of hydrogen-bond donors (Lipinski definition) is 1. The lowest BCUT2D eigenvalue weighted by atomic mass is 10.0. The highest BCUT2D eigenvalue weighted by Crippen LogP contribution is 2.44. The number of carbonyl (C=O) groups is 1. The molecule has 1 aliphatic heterocycles. The van der Waals surface area contributed by atoms with E-state index in [4.69, 9.17) is 26.0 Å². The Labute approximate surface area is 250 Å². The van der Waals surface area contributed by atoms with Crippen molar-refractivity contribution in [3.8, 4) is 28.3 Å². The molecule has 4 aromatic rings. The summed E-state index contributed by atoms with van der Waals surface area (Å²) in [6.45, 7) is -0.446. The Bertz CT molecular complexity index is 1840. The number of benzene rings is 3.